The third-order valence-corrected chi connectivity index (χ3v) is 3.27. The van der Waals surface area contributed by atoms with Crippen molar-refractivity contribution in [3.8, 4) is 6.01 Å². The molecule has 0 aliphatic carbocycles. The van der Waals surface area contributed by atoms with Gasteiger partial charge in [-0.3, -0.25) is 5.43 Å². The first-order chi connectivity index (χ1) is 10.2. The zero-order valence-electron chi connectivity index (χ0n) is 12.6. The van der Waals surface area contributed by atoms with Gasteiger partial charge in [0.1, 0.15) is 12.2 Å². The second-order valence-electron chi connectivity index (χ2n) is 4.69. The zero-order chi connectivity index (χ0) is 15.2. The summed E-state index contributed by atoms with van der Waals surface area (Å²) in [4.78, 5) is 14.6. The van der Waals surface area contributed by atoms with Gasteiger partial charge in [-0.05, 0) is 6.42 Å². The fourth-order valence-electron chi connectivity index (χ4n) is 2.17. The number of ether oxygens (including phenoxy) is 3. The molecule has 0 saturated carbocycles. The van der Waals surface area contributed by atoms with Gasteiger partial charge in [0.25, 0.3) is 0 Å². The molecule has 1 aromatic heterocycles. The Hall–Kier alpha value is -1.71. The predicted octanol–water partition coefficient (Wildman–Crippen LogP) is -0.204. The third kappa shape index (κ3) is 3.69. The van der Waals surface area contributed by atoms with Crippen LogP contribution in [0.25, 0.3) is 0 Å². The first-order valence-electron chi connectivity index (χ1n) is 6.87. The van der Waals surface area contributed by atoms with Gasteiger partial charge in [0.05, 0.1) is 6.61 Å². The van der Waals surface area contributed by atoms with E-state index in [9.17, 15) is 0 Å². The maximum atomic E-state index is 5.46. The van der Waals surface area contributed by atoms with Gasteiger partial charge in [-0.2, -0.15) is 15.0 Å². The van der Waals surface area contributed by atoms with E-state index in [-0.39, 0.29) is 24.2 Å². The van der Waals surface area contributed by atoms with Gasteiger partial charge in [-0.1, -0.05) is 6.92 Å². The molecule has 9 nitrogen and oxygen atoms in total. The van der Waals surface area contributed by atoms with Crippen LogP contribution < -0.4 is 20.9 Å². The molecule has 2 rings (SSSR count). The number of nitrogens with one attached hydrogen (secondary N) is 1. The van der Waals surface area contributed by atoms with Crippen molar-refractivity contribution in [2.45, 2.75) is 25.6 Å². The lowest BCUT2D eigenvalue weighted by molar-refractivity contribution is -0.00461. The lowest BCUT2D eigenvalue weighted by Gasteiger charge is -2.16. The Kier molecular flexibility index (Phi) is 5.48. The monoisotopic (exact) mass is 298 g/mol. The highest BCUT2D eigenvalue weighted by atomic mass is 16.5. The van der Waals surface area contributed by atoms with Crippen LogP contribution in [0.1, 0.15) is 13.3 Å². The summed E-state index contributed by atoms with van der Waals surface area (Å²) in [7, 11) is 3.33. The van der Waals surface area contributed by atoms with Crippen molar-refractivity contribution in [3.63, 3.8) is 0 Å². The molecular weight excluding hydrogens is 276 g/mol. The minimum absolute atomic E-state index is 0.0268. The number of nitrogens with zero attached hydrogens (tertiary/aromatic N) is 4. The fraction of sp³-hybridized carbons (Fsp3) is 0.750. The molecule has 0 radical (unpaired) electrons. The Morgan fingerprint density at radius 3 is 2.38 bits per heavy atom. The Morgan fingerprint density at radius 1 is 1.19 bits per heavy atom. The van der Waals surface area contributed by atoms with Gasteiger partial charge in [-0.25, -0.2) is 5.84 Å². The molecule has 2 unspecified atom stereocenters. The van der Waals surface area contributed by atoms with Gasteiger partial charge in [0.2, 0.25) is 11.9 Å². The summed E-state index contributed by atoms with van der Waals surface area (Å²) in [5, 5.41) is 0. The van der Waals surface area contributed by atoms with Gasteiger partial charge < -0.3 is 19.1 Å². The second kappa shape index (κ2) is 7.34. The van der Waals surface area contributed by atoms with E-state index in [1.54, 1.807) is 14.2 Å². The van der Waals surface area contributed by atoms with Crippen LogP contribution in [0, 0.1) is 0 Å². The molecule has 1 saturated heterocycles. The van der Waals surface area contributed by atoms with Crippen LogP contribution in [-0.2, 0) is 9.47 Å². The number of hydrazine groups is 1. The van der Waals surface area contributed by atoms with Crippen LogP contribution in [-0.4, -0.2) is 61.1 Å². The zero-order valence-corrected chi connectivity index (χ0v) is 12.6. The molecule has 1 aliphatic rings. The summed E-state index contributed by atoms with van der Waals surface area (Å²) in [6.45, 7) is 3.82. The highest BCUT2D eigenvalue weighted by Gasteiger charge is 2.34. The van der Waals surface area contributed by atoms with Gasteiger partial charge >= 0.3 is 6.01 Å². The number of hydrogen-bond acceptors (Lipinski definition) is 9. The Bertz CT molecular complexity index is 449. The van der Waals surface area contributed by atoms with E-state index < -0.39 is 0 Å². The van der Waals surface area contributed by atoms with Crippen LogP contribution in [0.4, 0.5) is 11.9 Å². The SMILES string of the molecule is CCCOc1nc(NN)nc(N2CC(OC)C(OC)C2)n1. The van der Waals surface area contributed by atoms with Crippen molar-refractivity contribution in [1.29, 1.82) is 0 Å². The molecule has 0 spiro atoms. The van der Waals surface area contributed by atoms with Crippen LogP contribution in [0.3, 0.4) is 0 Å². The first-order valence-corrected chi connectivity index (χ1v) is 6.87. The van der Waals surface area contributed by atoms with E-state index in [4.69, 9.17) is 20.1 Å². The average Bonchev–Trinajstić information content (AvgIpc) is 2.96. The van der Waals surface area contributed by atoms with Crippen molar-refractivity contribution < 1.29 is 14.2 Å². The minimum Gasteiger partial charge on any atom is -0.463 e. The molecule has 3 N–H and O–H groups in total. The van der Waals surface area contributed by atoms with E-state index in [2.05, 4.69) is 20.4 Å². The Morgan fingerprint density at radius 2 is 1.86 bits per heavy atom. The molecule has 0 bridgehead atoms. The van der Waals surface area contributed by atoms with Gasteiger partial charge in [0, 0.05) is 27.3 Å². The lowest BCUT2D eigenvalue weighted by Crippen LogP contribution is -2.27. The second-order valence-corrected chi connectivity index (χ2v) is 4.69. The quantitative estimate of drug-likeness (QED) is 0.522. The van der Waals surface area contributed by atoms with Crippen LogP contribution in [0.5, 0.6) is 6.01 Å². The molecule has 0 amide bonds. The molecule has 2 heterocycles. The smallest absolute Gasteiger partial charge is 0.323 e. The number of rotatable bonds is 7. The Balaban J connectivity index is 2.18. The highest BCUT2D eigenvalue weighted by Crippen LogP contribution is 2.22. The number of nitrogen functional groups attached to an aromatic ring is 1. The number of hydrogen-bond donors (Lipinski definition) is 2. The van der Waals surface area contributed by atoms with Crippen LogP contribution >= 0.6 is 0 Å². The highest BCUT2D eigenvalue weighted by molar-refractivity contribution is 5.39. The van der Waals surface area contributed by atoms with Crippen molar-refractivity contribution in [1.82, 2.24) is 15.0 Å². The van der Waals surface area contributed by atoms with E-state index >= 15 is 0 Å². The minimum atomic E-state index is -0.0268. The standard InChI is InChI=1S/C12H22N6O3/c1-4-5-21-12-15-10(17-13)14-11(16-12)18-6-8(19-2)9(7-18)20-3/h8-9H,4-7,13H2,1-3H3,(H,14,15,16,17). The number of nitrogens with two attached hydrogens (primary N) is 1. The van der Waals surface area contributed by atoms with Gasteiger partial charge in [0.15, 0.2) is 0 Å². The number of anilines is 2. The third-order valence-electron chi connectivity index (χ3n) is 3.27. The van der Waals surface area contributed by atoms with Crippen LogP contribution in [0.15, 0.2) is 0 Å². The molecule has 2 atom stereocenters. The van der Waals surface area contributed by atoms with E-state index in [0.717, 1.165) is 6.42 Å². The summed E-state index contributed by atoms with van der Waals surface area (Å²) in [6, 6.07) is 0.254. The van der Waals surface area contributed by atoms with E-state index in [0.29, 0.717) is 25.6 Å². The summed E-state index contributed by atoms with van der Waals surface area (Å²) < 4.78 is 16.3. The summed E-state index contributed by atoms with van der Waals surface area (Å²) in [5.74, 6) is 6.15. The van der Waals surface area contributed by atoms with Crippen molar-refractivity contribution in [3.05, 3.63) is 0 Å². The summed E-state index contributed by atoms with van der Waals surface area (Å²) in [6.07, 6.45) is 0.815. The lowest BCUT2D eigenvalue weighted by atomic mass is 10.3. The molecule has 0 aromatic carbocycles. The van der Waals surface area contributed by atoms with Crippen molar-refractivity contribution in [2.75, 3.05) is 44.2 Å². The molecular formula is C12H22N6O3. The van der Waals surface area contributed by atoms with E-state index in [1.807, 2.05) is 11.8 Å². The average molecular weight is 298 g/mol. The summed E-state index contributed by atoms with van der Waals surface area (Å²) >= 11 is 0. The summed E-state index contributed by atoms with van der Waals surface area (Å²) in [5.41, 5.74) is 2.43. The maximum absolute atomic E-state index is 5.46. The van der Waals surface area contributed by atoms with Crippen molar-refractivity contribution >= 4 is 11.9 Å². The molecule has 21 heavy (non-hydrogen) atoms. The number of aromatic nitrogens is 3. The molecule has 1 aliphatic heterocycles. The maximum Gasteiger partial charge on any atom is 0.323 e. The largest absolute Gasteiger partial charge is 0.463 e. The predicted molar refractivity (Wildman–Crippen MR) is 77.2 cm³/mol. The molecule has 118 valence electrons. The van der Waals surface area contributed by atoms with Crippen LogP contribution in [0.2, 0.25) is 0 Å². The molecule has 1 fully saturated rings. The Labute approximate surface area is 123 Å². The van der Waals surface area contributed by atoms with Gasteiger partial charge in [-0.15, -0.1) is 0 Å². The fourth-order valence-corrected chi connectivity index (χ4v) is 2.17. The number of methoxy groups -OCH3 is 2. The topological polar surface area (TPSA) is 108 Å². The molecule has 9 heteroatoms. The normalized spacial score (nSPS) is 21.6. The van der Waals surface area contributed by atoms with Crippen molar-refractivity contribution in [2.24, 2.45) is 5.84 Å². The molecule has 1 aromatic rings. The van der Waals surface area contributed by atoms with E-state index in [1.165, 1.54) is 0 Å². The first kappa shape index (κ1) is 15.7.